The molecule has 1 N–H and O–H groups in total. The third-order valence-corrected chi connectivity index (χ3v) is 4.57. The van der Waals surface area contributed by atoms with Crippen LogP contribution in [0.25, 0.3) is 0 Å². The van der Waals surface area contributed by atoms with Gasteiger partial charge >= 0.3 is 5.97 Å². The largest absolute Gasteiger partial charge is 0.496 e. The summed E-state index contributed by atoms with van der Waals surface area (Å²) in [5.41, 5.74) is 2.39. The Labute approximate surface area is 121 Å². The van der Waals surface area contributed by atoms with Crippen molar-refractivity contribution >= 4 is 5.97 Å². The van der Waals surface area contributed by atoms with E-state index in [0.717, 1.165) is 35.3 Å². The lowest BCUT2D eigenvalue weighted by Gasteiger charge is -2.41. The monoisotopic (exact) mass is 276 g/mol. The van der Waals surface area contributed by atoms with E-state index in [2.05, 4.69) is 32.9 Å². The third kappa shape index (κ3) is 2.09. The number of ether oxygens (including phenoxy) is 1. The number of hydrogen-bond donors (Lipinski definition) is 1. The van der Waals surface area contributed by atoms with Crippen molar-refractivity contribution in [3.63, 3.8) is 0 Å². The minimum absolute atomic E-state index is 0.293. The van der Waals surface area contributed by atoms with Gasteiger partial charge in [-0.2, -0.15) is 0 Å². The van der Waals surface area contributed by atoms with Crippen LogP contribution in [0.4, 0.5) is 0 Å². The molecular weight excluding hydrogens is 252 g/mol. The minimum Gasteiger partial charge on any atom is -0.496 e. The molecule has 3 nitrogen and oxygen atoms in total. The van der Waals surface area contributed by atoms with Crippen LogP contribution in [-0.4, -0.2) is 18.2 Å². The maximum atomic E-state index is 11.9. The fourth-order valence-corrected chi connectivity index (χ4v) is 3.23. The van der Waals surface area contributed by atoms with Crippen molar-refractivity contribution in [1.29, 1.82) is 0 Å². The molecule has 0 spiro atoms. The van der Waals surface area contributed by atoms with Crippen molar-refractivity contribution in [2.24, 2.45) is 0 Å². The summed E-state index contributed by atoms with van der Waals surface area (Å²) in [5.74, 6) is 0.375. The molecule has 0 aliphatic heterocycles. The van der Waals surface area contributed by atoms with Gasteiger partial charge in [-0.3, -0.25) is 4.79 Å². The highest BCUT2D eigenvalue weighted by atomic mass is 16.5. The summed E-state index contributed by atoms with van der Waals surface area (Å²) < 4.78 is 5.63. The van der Waals surface area contributed by atoms with Crippen molar-refractivity contribution in [1.82, 2.24) is 0 Å². The molecule has 20 heavy (non-hydrogen) atoms. The predicted octanol–water partition coefficient (Wildman–Crippen LogP) is 3.89. The van der Waals surface area contributed by atoms with E-state index in [-0.39, 0.29) is 0 Å². The predicted molar refractivity (Wildman–Crippen MR) is 79.6 cm³/mol. The molecule has 0 unspecified atom stereocenters. The third-order valence-electron chi connectivity index (χ3n) is 4.57. The zero-order valence-electron chi connectivity index (χ0n) is 12.8. The summed E-state index contributed by atoms with van der Waals surface area (Å²) in [6.45, 7) is 6.29. The van der Waals surface area contributed by atoms with Crippen molar-refractivity contribution in [3.05, 3.63) is 28.8 Å². The molecule has 1 fully saturated rings. The number of benzene rings is 1. The molecule has 110 valence electrons. The van der Waals surface area contributed by atoms with Crippen LogP contribution in [-0.2, 0) is 16.6 Å². The normalized spacial score (nSPS) is 16.9. The lowest BCUT2D eigenvalue weighted by molar-refractivity contribution is -0.147. The van der Waals surface area contributed by atoms with Crippen molar-refractivity contribution in [3.8, 4) is 5.75 Å². The van der Waals surface area contributed by atoms with Crippen molar-refractivity contribution in [2.45, 2.75) is 57.8 Å². The number of methoxy groups -OCH3 is 1. The Bertz CT molecular complexity index is 513. The fraction of sp³-hybridized carbons (Fsp3) is 0.588. The van der Waals surface area contributed by atoms with Gasteiger partial charge in [-0.05, 0) is 36.3 Å². The maximum absolute atomic E-state index is 11.9. The molecule has 0 radical (unpaired) electrons. The Morgan fingerprint density at radius 2 is 2.05 bits per heavy atom. The highest BCUT2D eigenvalue weighted by molar-refractivity contribution is 5.85. The zero-order valence-corrected chi connectivity index (χ0v) is 12.8. The number of hydrogen-bond acceptors (Lipinski definition) is 2. The van der Waals surface area contributed by atoms with E-state index in [0.29, 0.717) is 18.8 Å². The quantitative estimate of drug-likeness (QED) is 0.887. The first-order chi connectivity index (χ1) is 9.47. The Balaban J connectivity index is 2.73. The van der Waals surface area contributed by atoms with Gasteiger partial charge in [0.1, 0.15) is 5.75 Å². The van der Waals surface area contributed by atoms with Crippen LogP contribution in [0.1, 0.15) is 62.6 Å². The first-order valence-corrected chi connectivity index (χ1v) is 7.41. The number of carboxylic acids is 1. The van der Waals surface area contributed by atoms with E-state index in [9.17, 15) is 9.90 Å². The molecule has 1 aromatic carbocycles. The van der Waals surface area contributed by atoms with Crippen LogP contribution in [0.2, 0.25) is 0 Å². The van der Waals surface area contributed by atoms with Crippen LogP contribution < -0.4 is 4.74 Å². The molecule has 0 saturated heterocycles. The highest BCUT2D eigenvalue weighted by Crippen LogP contribution is 2.51. The molecule has 0 atom stereocenters. The molecule has 1 aliphatic carbocycles. The molecule has 1 saturated carbocycles. The number of aryl methyl sites for hydroxylation is 1. The van der Waals surface area contributed by atoms with E-state index >= 15 is 0 Å². The summed E-state index contributed by atoms with van der Waals surface area (Å²) in [6, 6.07) is 4.16. The standard InChI is InChI=1S/C17H24O3/c1-5-12-7-8-13(11(2)3)14(15(12)20-4)17(16(18)19)9-6-10-17/h7-8,11H,5-6,9-10H2,1-4H3,(H,18,19). The zero-order chi connectivity index (χ0) is 14.9. The second-order valence-electron chi connectivity index (χ2n) is 5.97. The van der Waals surface area contributed by atoms with E-state index in [1.807, 2.05) is 0 Å². The van der Waals surface area contributed by atoms with E-state index in [1.54, 1.807) is 7.11 Å². The van der Waals surface area contributed by atoms with Crippen molar-refractivity contribution in [2.75, 3.05) is 7.11 Å². The smallest absolute Gasteiger partial charge is 0.314 e. The average Bonchev–Trinajstić information content (AvgIpc) is 2.35. The molecule has 0 aromatic heterocycles. The second kappa shape index (κ2) is 5.47. The first-order valence-electron chi connectivity index (χ1n) is 7.41. The van der Waals surface area contributed by atoms with Gasteiger partial charge < -0.3 is 9.84 Å². The van der Waals surface area contributed by atoms with E-state index < -0.39 is 11.4 Å². The molecule has 1 aliphatic rings. The van der Waals surface area contributed by atoms with Gasteiger partial charge in [0.05, 0.1) is 12.5 Å². The van der Waals surface area contributed by atoms with E-state index in [1.165, 1.54) is 0 Å². The Hall–Kier alpha value is -1.51. The number of carbonyl (C=O) groups is 1. The minimum atomic E-state index is -0.740. The summed E-state index contributed by atoms with van der Waals surface area (Å²) in [6.07, 6.45) is 3.25. The summed E-state index contributed by atoms with van der Waals surface area (Å²) in [7, 11) is 1.65. The summed E-state index contributed by atoms with van der Waals surface area (Å²) in [5, 5.41) is 9.77. The molecule has 0 amide bonds. The van der Waals surface area contributed by atoms with Gasteiger partial charge in [-0.15, -0.1) is 0 Å². The van der Waals surface area contributed by atoms with Crippen LogP contribution in [0.15, 0.2) is 12.1 Å². The summed E-state index contributed by atoms with van der Waals surface area (Å²) in [4.78, 5) is 11.9. The molecule has 1 aromatic rings. The van der Waals surface area contributed by atoms with Crippen molar-refractivity contribution < 1.29 is 14.6 Å². The molecule has 0 heterocycles. The van der Waals surface area contributed by atoms with Crippen LogP contribution in [0.5, 0.6) is 5.75 Å². The lowest BCUT2D eigenvalue weighted by Crippen LogP contribution is -2.43. The van der Waals surface area contributed by atoms with Gasteiger partial charge in [-0.25, -0.2) is 0 Å². The molecule has 0 bridgehead atoms. The molecule has 2 rings (SSSR count). The summed E-state index contributed by atoms with van der Waals surface area (Å²) >= 11 is 0. The van der Waals surface area contributed by atoms with Crippen LogP contribution in [0.3, 0.4) is 0 Å². The number of carboxylic acid groups (broad SMARTS) is 1. The maximum Gasteiger partial charge on any atom is 0.314 e. The SMILES string of the molecule is CCc1ccc(C(C)C)c(C2(C(=O)O)CCC2)c1OC. The Kier molecular flexibility index (Phi) is 4.07. The molecule has 3 heteroatoms. The van der Waals surface area contributed by atoms with Gasteiger partial charge in [0.25, 0.3) is 0 Å². The number of rotatable bonds is 5. The molecular formula is C17H24O3. The Morgan fingerprint density at radius 1 is 1.40 bits per heavy atom. The van der Waals surface area contributed by atoms with Gasteiger partial charge in [0.2, 0.25) is 0 Å². The average molecular weight is 276 g/mol. The van der Waals surface area contributed by atoms with Gasteiger partial charge in [0.15, 0.2) is 0 Å². The first kappa shape index (κ1) is 14.9. The second-order valence-corrected chi connectivity index (χ2v) is 5.97. The van der Waals surface area contributed by atoms with E-state index in [4.69, 9.17) is 4.74 Å². The fourth-order valence-electron chi connectivity index (χ4n) is 3.23. The topological polar surface area (TPSA) is 46.5 Å². The number of aliphatic carboxylic acids is 1. The van der Waals surface area contributed by atoms with Crippen LogP contribution >= 0.6 is 0 Å². The van der Waals surface area contributed by atoms with Gasteiger partial charge in [-0.1, -0.05) is 39.3 Å². The van der Waals surface area contributed by atoms with Crippen LogP contribution in [0, 0.1) is 0 Å². The highest BCUT2D eigenvalue weighted by Gasteiger charge is 2.49. The van der Waals surface area contributed by atoms with Gasteiger partial charge in [0, 0.05) is 5.56 Å². The lowest BCUT2D eigenvalue weighted by atomic mass is 9.62. The Morgan fingerprint density at radius 3 is 2.40 bits per heavy atom.